The fraction of sp³-hybridized carbons (Fsp3) is 0. The van der Waals surface area contributed by atoms with Gasteiger partial charge in [0, 0.05) is 17.8 Å². The second-order valence-corrected chi connectivity index (χ2v) is 4.98. The maximum atomic E-state index is 13.8. The van der Waals surface area contributed by atoms with Crippen molar-refractivity contribution in [2.24, 2.45) is 5.73 Å². The summed E-state index contributed by atoms with van der Waals surface area (Å²) in [6.07, 6.45) is 1.44. The molecule has 1 amide bonds. The Morgan fingerprint density at radius 2 is 1.92 bits per heavy atom. The molecule has 9 heteroatoms. The van der Waals surface area contributed by atoms with Gasteiger partial charge < -0.3 is 10.5 Å². The van der Waals surface area contributed by atoms with Gasteiger partial charge in [0.05, 0.1) is 16.7 Å². The maximum absolute atomic E-state index is 13.8. The summed E-state index contributed by atoms with van der Waals surface area (Å²) in [4.78, 5) is 20.9. The van der Waals surface area contributed by atoms with Crippen LogP contribution in [0.4, 0.5) is 14.9 Å². The molecule has 0 aliphatic rings. The molecule has 3 rings (SSSR count). The number of ether oxygens (including phenoxy) is 1. The molecule has 0 aliphatic carbocycles. The summed E-state index contributed by atoms with van der Waals surface area (Å²) in [5.41, 5.74) is 6.01. The Labute approximate surface area is 140 Å². The molecule has 2 N–H and O–H groups in total. The number of carbonyl (C=O) groups excluding carboxylic acids is 1. The van der Waals surface area contributed by atoms with Gasteiger partial charge in [-0.1, -0.05) is 0 Å². The molecule has 3 aromatic rings. The lowest BCUT2D eigenvalue weighted by molar-refractivity contribution is -0.385. The van der Waals surface area contributed by atoms with Crippen LogP contribution in [0.5, 0.6) is 11.5 Å². The zero-order valence-corrected chi connectivity index (χ0v) is 12.6. The minimum Gasteiger partial charge on any atom is -0.454 e. The Bertz CT molecular complexity index is 953. The Balaban J connectivity index is 1.78. The van der Waals surface area contributed by atoms with Crippen LogP contribution in [0.25, 0.3) is 11.3 Å². The van der Waals surface area contributed by atoms with E-state index in [0.717, 1.165) is 16.8 Å². The number of nitrogens with zero attached hydrogens (tertiary/aromatic N) is 3. The highest BCUT2D eigenvalue weighted by atomic mass is 18.2. The van der Waals surface area contributed by atoms with E-state index in [-0.39, 0.29) is 11.4 Å². The molecule has 8 nitrogen and oxygen atoms in total. The van der Waals surface area contributed by atoms with Crippen LogP contribution < -0.4 is 10.5 Å². The topological polar surface area (TPSA) is 113 Å². The van der Waals surface area contributed by atoms with Gasteiger partial charge in [-0.2, -0.15) is 9.78 Å². The second kappa shape index (κ2) is 6.40. The number of benzene rings is 2. The highest BCUT2D eigenvalue weighted by Crippen LogP contribution is 2.29. The first kappa shape index (κ1) is 16.1. The van der Waals surface area contributed by atoms with Crippen molar-refractivity contribution in [1.29, 1.82) is 0 Å². The highest BCUT2D eigenvalue weighted by Gasteiger charge is 2.12. The number of nitro groups is 1. The molecule has 0 unspecified atom stereocenters. The van der Waals surface area contributed by atoms with Crippen LogP contribution in [0, 0.1) is 15.9 Å². The number of halogens is 1. The van der Waals surface area contributed by atoms with Crippen molar-refractivity contribution in [3.05, 3.63) is 70.7 Å². The van der Waals surface area contributed by atoms with E-state index in [9.17, 15) is 19.3 Å². The van der Waals surface area contributed by atoms with Crippen LogP contribution in [0.3, 0.4) is 0 Å². The Morgan fingerprint density at radius 1 is 1.20 bits per heavy atom. The van der Waals surface area contributed by atoms with Crippen molar-refractivity contribution >= 4 is 11.7 Å². The molecule has 0 bridgehead atoms. The SMILES string of the molecule is NC(=O)n1ccc(-c2ccc(Oc3ccc([N+](=O)[O-])cc3[18F])cc2)n1. The van der Waals surface area contributed by atoms with E-state index in [2.05, 4.69) is 5.10 Å². The van der Waals surface area contributed by atoms with E-state index < -0.39 is 16.8 Å². The molecule has 1 aromatic heterocycles. The fourth-order valence-electron chi connectivity index (χ4n) is 2.11. The predicted octanol–water partition coefficient (Wildman–Crippen LogP) is 3.32. The molecule has 0 radical (unpaired) electrons. The average Bonchev–Trinajstić information content (AvgIpc) is 3.07. The predicted molar refractivity (Wildman–Crippen MR) is 85.8 cm³/mol. The van der Waals surface area contributed by atoms with E-state index >= 15 is 0 Å². The van der Waals surface area contributed by atoms with E-state index in [1.54, 1.807) is 30.3 Å². The molecule has 0 atom stereocenters. The number of carbonyl (C=O) groups is 1. The number of primary amides is 1. The monoisotopic (exact) mass is 341 g/mol. The summed E-state index contributed by atoms with van der Waals surface area (Å²) in [5, 5.41) is 14.6. The summed E-state index contributed by atoms with van der Waals surface area (Å²) in [6.45, 7) is 0. The standard InChI is InChI=1S/C16H11FN4O4/c17-13-9-11(21(23)24)3-6-15(13)25-12-4-1-10(2-5-12)14-7-8-20(19-14)16(18)22/h1-9H,(H2,18,22)/i17-1. The van der Waals surface area contributed by atoms with Gasteiger partial charge in [-0.3, -0.25) is 10.1 Å². The Morgan fingerprint density at radius 3 is 2.48 bits per heavy atom. The van der Waals surface area contributed by atoms with Crippen LogP contribution in [0.15, 0.2) is 54.7 Å². The van der Waals surface area contributed by atoms with Crippen molar-refractivity contribution < 1.29 is 18.8 Å². The maximum Gasteiger partial charge on any atom is 0.339 e. The third-order valence-electron chi connectivity index (χ3n) is 3.32. The largest absolute Gasteiger partial charge is 0.454 e. The first-order valence-electron chi connectivity index (χ1n) is 7.02. The minimum atomic E-state index is -0.835. The number of hydrogen-bond donors (Lipinski definition) is 1. The average molecular weight is 341 g/mol. The third kappa shape index (κ3) is 3.44. The zero-order valence-electron chi connectivity index (χ0n) is 12.6. The second-order valence-electron chi connectivity index (χ2n) is 4.98. The van der Waals surface area contributed by atoms with Crippen molar-refractivity contribution in [3.63, 3.8) is 0 Å². The van der Waals surface area contributed by atoms with Crippen molar-refractivity contribution in [2.45, 2.75) is 0 Å². The number of non-ortho nitro benzene ring substituents is 1. The van der Waals surface area contributed by atoms with Crippen LogP contribution >= 0.6 is 0 Å². The van der Waals surface area contributed by atoms with Gasteiger partial charge >= 0.3 is 6.03 Å². The van der Waals surface area contributed by atoms with E-state index in [4.69, 9.17) is 10.5 Å². The van der Waals surface area contributed by atoms with Gasteiger partial charge in [-0.15, -0.1) is 0 Å². The van der Waals surface area contributed by atoms with Gasteiger partial charge in [0.1, 0.15) is 5.75 Å². The fourth-order valence-corrected chi connectivity index (χ4v) is 2.11. The van der Waals surface area contributed by atoms with Crippen LogP contribution in [0.1, 0.15) is 0 Å². The lowest BCUT2D eigenvalue weighted by Gasteiger charge is -2.07. The number of rotatable bonds is 4. The molecule has 0 saturated carbocycles. The minimum absolute atomic E-state index is 0.128. The van der Waals surface area contributed by atoms with Crippen LogP contribution in [-0.2, 0) is 0 Å². The molecule has 0 fully saturated rings. The summed E-state index contributed by atoms with van der Waals surface area (Å²) >= 11 is 0. The molecular formula is C16H11FN4O4. The third-order valence-corrected chi connectivity index (χ3v) is 3.32. The molecule has 126 valence electrons. The summed E-state index contributed by atoms with van der Waals surface area (Å²) in [6, 6.07) is 10.6. The Hall–Kier alpha value is -3.75. The molecular weight excluding hydrogens is 330 g/mol. The number of nitrogens with two attached hydrogens (primary N) is 1. The zero-order chi connectivity index (χ0) is 18.0. The normalized spacial score (nSPS) is 10.4. The smallest absolute Gasteiger partial charge is 0.339 e. The van der Waals surface area contributed by atoms with Gasteiger partial charge in [-0.25, -0.2) is 9.18 Å². The lowest BCUT2D eigenvalue weighted by Crippen LogP contribution is -2.19. The molecule has 0 saturated heterocycles. The molecule has 0 spiro atoms. The highest BCUT2D eigenvalue weighted by molar-refractivity contribution is 5.74. The van der Waals surface area contributed by atoms with Crippen LogP contribution in [0.2, 0.25) is 0 Å². The molecule has 2 aromatic carbocycles. The van der Waals surface area contributed by atoms with E-state index in [1.807, 2.05) is 0 Å². The molecule has 1 heterocycles. The van der Waals surface area contributed by atoms with Crippen molar-refractivity contribution in [1.82, 2.24) is 9.78 Å². The van der Waals surface area contributed by atoms with Crippen molar-refractivity contribution in [2.75, 3.05) is 0 Å². The van der Waals surface area contributed by atoms with Gasteiger partial charge in [0.15, 0.2) is 11.6 Å². The quantitative estimate of drug-likeness (QED) is 0.577. The molecule has 0 aliphatic heterocycles. The van der Waals surface area contributed by atoms with Crippen LogP contribution in [-0.4, -0.2) is 20.7 Å². The van der Waals surface area contributed by atoms with Gasteiger partial charge in [0.25, 0.3) is 5.69 Å². The number of nitro benzene ring substituents is 1. The van der Waals surface area contributed by atoms with Gasteiger partial charge in [0.2, 0.25) is 0 Å². The molecule has 25 heavy (non-hydrogen) atoms. The lowest BCUT2D eigenvalue weighted by atomic mass is 10.1. The number of hydrogen-bond acceptors (Lipinski definition) is 5. The summed E-state index contributed by atoms with van der Waals surface area (Å²) < 4.78 is 20.2. The first-order valence-corrected chi connectivity index (χ1v) is 7.02. The summed E-state index contributed by atoms with van der Waals surface area (Å²) in [5.74, 6) is -0.624. The Kier molecular flexibility index (Phi) is 4.12. The van der Waals surface area contributed by atoms with E-state index in [1.165, 1.54) is 12.3 Å². The number of amides is 1. The number of aromatic nitrogens is 2. The van der Waals surface area contributed by atoms with E-state index in [0.29, 0.717) is 17.0 Å². The first-order chi connectivity index (χ1) is 11.9. The summed E-state index contributed by atoms with van der Waals surface area (Å²) in [7, 11) is 0. The van der Waals surface area contributed by atoms with Crippen molar-refractivity contribution in [3.8, 4) is 22.8 Å². The van der Waals surface area contributed by atoms with Gasteiger partial charge in [-0.05, 0) is 36.4 Å².